The highest BCUT2D eigenvalue weighted by Gasteiger charge is 2.21. The largest absolute Gasteiger partial charge is 0.377 e. The van der Waals surface area contributed by atoms with Gasteiger partial charge >= 0.3 is 0 Å². The van der Waals surface area contributed by atoms with E-state index in [9.17, 15) is 0 Å². The van der Waals surface area contributed by atoms with Gasteiger partial charge in [0, 0.05) is 25.7 Å². The van der Waals surface area contributed by atoms with Gasteiger partial charge < -0.3 is 15.4 Å². The van der Waals surface area contributed by atoms with Crippen molar-refractivity contribution < 1.29 is 4.74 Å². The van der Waals surface area contributed by atoms with Crippen molar-refractivity contribution in [1.82, 2.24) is 4.90 Å². The monoisotopic (exact) mass is 270 g/mol. The molecule has 3 atom stereocenters. The molecule has 1 saturated heterocycles. The summed E-state index contributed by atoms with van der Waals surface area (Å²) in [4.78, 5) is 2.60. The molecule has 0 amide bonds. The van der Waals surface area contributed by atoms with Crippen molar-refractivity contribution in [2.75, 3.05) is 26.2 Å². The first kappa shape index (κ1) is 16.9. The van der Waals surface area contributed by atoms with Crippen molar-refractivity contribution >= 4 is 0 Å². The smallest absolute Gasteiger partial charge is 0.0702 e. The third-order valence-electron chi connectivity index (χ3n) is 3.95. The topological polar surface area (TPSA) is 38.5 Å². The molecular formula is C16H34N2O. The molecule has 1 aliphatic rings. The van der Waals surface area contributed by atoms with Crippen LogP contribution in [0.25, 0.3) is 0 Å². The summed E-state index contributed by atoms with van der Waals surface area (Å²) in [6.07, 6.45) is 7.87. The van der Waals surface area contributed by atoms with Crippen LogP contribution in [0.5, 0.6) is 0 Å². The van der Waals surface area contributed by atoms with Gasteiger partial charge in [0.15, 0.2) is 0 Å². The van der Waals surface area contributed by atoms with Gasteiger partial charge in [0.1, 0.15) is 0 Å². The molecule has 0 bridgehead atoms. The number of nitrogens with zero attached hydrogens (tertiary/aromatic N) is 1. The summed E-state index contributed by atoms with van der Waals surface area (Å²) in [7, 11) is 0. The molecule has 3 unspecified atom stereocenters. The van der Waals surface area contributed by atoms with Gasteiger partial charge in [-0.2, -0.15) is 0 Å². The lowest BCUT2D eigenvalue weighted by molar-refractivity contribution is -0.00359. The normalized spacial score (nSPS) is 24.3. The second-order valence-electron chi connectivity index (χ2n) is 6.41. The molecule has 0 aromatic carbocycles. The minimum absolute atomic E-state index is 0.356. The van der Waals surface area contributed by atoms with Crippen LogP contribution >= 0.6 is 0 Å². The van der Waals surface area contributed by atoms with Gasteiger partial charge in [0.05, 0.1) is 6.10 Å². The molecule has 0 saturated carbocycles. The fraction of sp³-hybridized carbons (Fsp3) is 1.00. The van der Waals surface area contributed by atoms with Gasteiger partial charge in [0.2, 0.25) is 0 Å². The molecule has 0 radical (unpaired) electrons. The predicted octanol–water partition coefficient (Wildman–Crippen LogP) is 3.03. The van der Waals surface area contributed by atoms with Crippen LogP contribution in [0.15, 0.2) is 0 Å². The van der Waals surface area contributed by atoms with E-state index < -0.39 is 0 Å². The van der Waals surface area contributed by atoms with E-state index in [2.05, 4.69) is 25.7 Å². The average Bonchev–Trinajstić information content (AvgIpc) is 2.36. The van der Waals surface area contributed by atoms with Crippen LogP contribution in [0.2, 0.25) is 0 Å². The van der Waals surface area contributed by atoms with E-state index in [4.69, 9.17) is 10.5 Å². The van der Waals surface area contributed by atoms with Gasteiger partial charge in [0.25, 0.3) is 0 Å². The fourth-order valence-corrected chi connectivity index (χ4v) is 2.92. The minimum Gasteiger partial charge on any atom is -0.377 e. The zero-order valence-corrected chi connectivity index (χ0v) is 13.2. The van der Waals surface area contributed by atoms with Crippen LogP contribution in [-0.4, -0.2) is 43.3 Å². The molecular weight excluding hydrogens is 236 g/mol. The minimum atomic E-state index is 0.356. The third kappa shape index (κ3) is 7.91. The van der Waals surface area contributed by atoms with Crippen LogP contribution in [0.4, 0.5) is 0 Å². The SMILES string of the molecule is CCCOC1CCCN(CC(C)CCCC(C)N)C1. The van der Waals surface area contributed by atoms with Crippen LogP contribution in [-0.2, 0) is 4.74 Å². The molecule has 3 heteroatoms. The Morgan fingerprint density at radius 2 is 2.11 bits per heavy atom. The van der Waals surface area contributed by atoms with E-state index in [1.54, 1.807) is 0 Å². The maximum absolute atomic E-state index is 5.90. The predicted molar refractivity (Wildman–Crippen MR) is 82.4 cm³/mol. The molecule has 0 aliphatic carbocycles. The van der Waals surface area contributed by atoms with Crippen molar-refractivity contribution in [3.8, 4) is 0 Å². The molecule has 3 nitrogen and oxygen atoms in total. The van der Waals surface area contributed by atoms with E-state index in [1.165, 1.54) is 38.8 Å². The summed E-state index contributed by atoms with van der Waals surface area (Å²) in [6.45, 7) is 11.2. The summed E-state index contributed by atoms with van der Waals surface area (Å²) >= 11 is 0. The summed E-state index contributed by atoms with van der Waals surface area (Å²) in [6, 6.07) is 0.356. The average molecular weight is 270 g/mol. The van der Waals surface area contributed by atoms with Crippen molar-refractivity contribution in [2.45, 2.75) is 71.4 Å². The second kappa shape index (κ2) is 9.73. The molecule has 0 aromatic heterocycles. The molecule has 1 fully saturated rings. The highest BCUT2D eigenvalue weighted by Crippen LogP contribution is 2.17. The van der Waals surface area contributed by atoms with E-state index in [1.807, 2.05) is 0 Å². The van der Waals surface area contributed by atoms with Crippen LogP contribution in [0, 0.1) is 5.92 Å². The maximum Gasteiger partial charge on any atom is 0.0702 e. The van der Waals surface area contributed by atoms with E-state index in [0.717, 1.165) is 31.9 Å². The van der Waals surface area contributed by atoms with Gasteiger partial charge in [-0.1, -0.05) is 20.3 Å². The number of hydrogen-bond donors (Lipinski definition) is 1. The number of likely N-dealkylation sites (tertiary alicyclic amines) is 1. The number of rotatable bonds is 9. The van der Waals surface area contributed by atoms with Gasteiger partial charge in [-0.25, -0.2) is 0 Å². The third-order valence-corrected chi connectivity index (χ3v) is 3.95. The number of ether oxygens (including phenoxy) is 1. The number of nitrogens with two attached hydrogens (primary N) is 1. The maximum atomic E-state index is 5.90. The molecule has 1 heterocycles. The second-order valence-corrected chi connectivity index (χ2v) is 6.41. The lowest BCUT2D eigenvalue weighted by Crippen LogP contribution is -2.41. The van der Waals surface area contributed by atoms with Crippen LogP contribution in [0.1, 0.15) is 59.3 Å². The molecule has 2 N–H and O–H groups in total. The summed E-state index contributed by atoms with van der Waals surface area (Å²) in [5.74, 6) is 0.781. The molecule has 1 aliphatic heterocycles. The van der Waals surface area contributed by atoms with Crippen molar-refractivity contribution in [1.29, 1.82) is 0 Å². The molecule has 1 rings (SSSR count). The van der Waals surface area contributed by atoms with Gasteiger partial charge in [-0.3, -0.25) is 0 Å². The molecule has 114 valence electrons. The van der Waals surface area contributed by atoms with Crippen LogP contribution in [0.3, 0.4) is 0 Å². The Morgan fingerprint density at radius 1 is 1.32 bits per heavy atom. The zero-order valence-electron chi connectivity index (χ0n) is 13.2. The Bertz CT molecular complexity index is 221. The number of piperidine rings is 1. The zero-order chi connectivity index (χ0) is 14.1. The van der Waals surface area contributed by atoms with E-state index in [-0.39, 0.29) is 0 Å². The Labute approximate surface area is 119 Å². The van der Waals surface area contributed by atoms with E-state index in [0.29, 0.717) is 12.1 Å². The quantitative estimate of drug-likeness (QED) is 0.700. The standard InChI is InChI=1S/C16H34N2O/c1-4-11-19-16-9-6-10-18(13-16)12-14(2)7-5-8-15(3)17/h14-16H,4-13,17H2,1-3H3. The summed E-state index contributed by atoms with van der Waals surface area (Å²) in [5.41, 5.74) is 5.80. The Hall–Kier alpha value is -0.120. The first-order valence-corrected chi connectivity index (χ1v) is 8.21. The van der Waals surface area contributed by atoms with Gasteiger partial charge in [-0.05, 0) is 51.5 Å². The molecule has 19 heavy (non-hydrogen) atoms. The van der Waals surface area contributed by atoms with Crippen molar-refractivity contribution in [3.05, 3.63) is 0 Å². The van der Waals surface area contributed by atoms with Gasteiger partial charge in [-0.15, -0.1) is 0 Å². The Kier molecular flexibility index (Phi) is 8.67. The first-order valence-electron chi connectivity index (χ1n) is 8.21. The van der Waals surface area contributed by atoms with Crippen LogP contribution < -0.4 is 5.73 Å². The highest BCUT2D eigenvalue weighted by atomic mass is 16.5. The first-order chi connectivity index (χ1) is 9.11. The van der Waals surface area contributed by atoms with Crippen molar-refractivity contribution in [2.24, 2.45) is 11.7 Å². The lowest BCUT2D eigenvalue weighted by Gasteiger charge is -2.34. The molecule has 0 spiro atoms. The molecule has 0 aromatic rings. The number of hydrogen-bond acceptors (Lipinski definition) is 3. The summed E-state index contributed by atoms with van der Waals surface area (Å²) < 4.78 is 5.90. The summed E-state index contributed by atoms with van der Waals surface area (Å²) in [5, 5.41) is 0. The van der Waals surface area contributed by atoms with E-state index >= 15 is 0 Å². The Morgan fingerprint density at radius 3 is 2.79 bits per heavy atom. The van der Waals surface area contributed by atoms with Crippen molar-refractivity contribution in [3.63, 3.8) is 0 Å². The lowest BCUT2D eigenvalue weighted by atomic mass is 10.00. The highest BCUT2D eigenvalue weighted by molar-refractivity contribution is 4.75. The fourth-order valence-electron chi connectivity index (χ4n) is 2.92. The Balaban J connectivity index is 2.16.